The van der Waals surface area contributed by atoms with Crippen molar-refractivity contribution < 1.29 is 10.4 Å². The molecule has 72 valence electrons. The van der Waals surface area contributed by atoms with Crippen molar-refractivity contribution >= 4 is 17.1 Å². The monoisotopic (exact) mass is 185 g/mol. The lowest BCUT2D eigenvalue weighted by Crippen LogP contribution is -2.14. The molecule has 0 aliphatic heterocycles. The largest absolute Gasteiger partial charge is 0.769 e. The van der Waals surface area contributed by atoms with E-state index in [0.717, 1.165) is 6.07 Å². The van der Waals surface area contributed by atoms with Crippen molar-refractivity contribution in [2.45, 2.75) is 0 Å². The van der Waals surface area contributed by atoms with Crippen LogP contribution in [-0.4, -0.2) is 10.4 Å². The topological polar surface area (TPSA) is 119 Å². The highest BCUT2D eigenvalue weighted by Crippen LogP contribution is 2.26. The quantitative estimate of drug-likeness (QED) is 0.457. The molecular weight excluding hydrogens is 178 g/mol. The van der Waals surface area contributed by atoms with Gasteiger partial charge in [-0.1, -0.05) is 0 Å². The molecule has 0 aliphatic carbocycles. The Kier molecular flexibility index (Phi) is 2.54. The molecule has 7 heteroatoms. The summed E-state index contributed by atoms with van der Waals surface area (Å²) in [5.74, 6) is 0. The van der Waals surface area contributed by atoms with Crippen LogP contribution in [0.2, 0.25) is 0 Å². The molecule has 7 nitrogen and oxygen atoms in total. The molecule has 0 aromatic heterocycles. The number of rotatable bonds is 2. The molecule has 0 fully saturated rings. The van der Waals surface area contributed by atoms with Gasteiger partial charge < -0.3 is 21.4 Å². The lowest BCUT2D eigenvalue weighted by Gasteiger charge is -2.37. The molecule has 0 atom stereocenters. The number of nitrogens with zero attached hydrogens (tertiary/aromatic N) is 2. The first-order valence-electron chi connectivity index (χ1n) is 3.24. The van der Waals surface area contributed by atoms with E-state index in [2.05, 4.69) is 0 Å². The van der Waals surface area contributed by atoms with E-state index >= 15 is 0 Å². The second-order valence-corrected chi connectivity index (χ2v) is 2.29. The first-order valence-corrected chi connectivity index (χ1v) is 3.24. The fourth-order valence-electron chi connectivity index (χ4n) is 0.819. The molecule has 4 N–H and O–H groups in total. The summed E-state index contributed by atoms with van der Waals surface area (Å²) in [5.41, 5.74) is 4.85. The van der Waals surface area contributed by atoms with Gasteiger partial charge in [-0.05, 0) is 18.2 Å². The van der Waals surface area contributed by atoms with Gasteiger partial charge in [-0.15, -0.1) is 5.23 Å². The van der Waals surface area contributed by atoms with Crippen molar-refractivity contribution in [2.24, 2.45) is 0 Å². The second kappa shape index (κ2) is 3.46. The van der Waals surface area contributed by atoms with Crippen LogP contribution in [-0.2, 0) is 0 Å². The summed E-state index contributed by atoms with van der Waals surface area (Å²) in [6.45, 7) is 0. The SMILES string of the molecule is Nc1ccc(N([O-])[O-])cc1N(O)O. The fourth-order valence-corrected chi connectivity index (χ4v) is 0.819. The van der Waals surface area contributed by atoms with E-state index in [9.17, 15) is 10.4 Å². The Morgan fingerprint density at radius 2 is 1.85 bits per heavy atom. The van der Waals surface area contributed by atoms with Gasteiger partial charge in [0.1, 0.15) is 5.69 Å². The summed E-state index contributed by atoms with van der Waals surface area (Å²) >= 11 is 0. The summed E-state index contributed by atoms with van der Waals surface area (Å²) in [7, 11) is 0. The third-order valence-corrected chi connectivity index (χ3v) is 1.44. The van der Waals surface area contributed by atoms with E-state index in [1.807, 2.05) is 0 Å². The van der Waals surface area contributed by atoms with E-state index in [1.54, 1.807) is 0 Å². The van der Waals surface area contributed by atoms with Crippen LogP contribution in [0, 0.1) is 10.4 Å². The maximum atomic E-state index is 10.3. The molecule has 0 spiro atoms. The Balaban J connectivity index is 3.11. The molecular formula is C6H7N3O4-2. The average molecular weight is 185 g/mol. The molecule has 0 amide bonds. The van der Waals surface area contributed by atoms with Crippen LogP contribution in [0.3, 0.4) is 0 Å². The summed E-state index contributed by atoms with van der Waals surface area (Å²) in [6, 6.07) is 3.34. The minimum Gasteiger partial charge on any atom is -0.769 e. The van der Waals surface area contributed by atoms with Crippen LogP contribution < -0.4 is 16.2 Å². The molecule has 0 saturated heterocycles. The lowest BCUT2D eigenvalue weighted by atomic mass is 10.2. The van der Waals surface area contributed by atoms with Gasteiger partial charge in [-0.25, -0.2) is 0 Å². The lowest BCUT2D eigenvalue weighted by molar-refractivity contribution is 0.0296. The molecule has 0 radical (unpaired) electrons. The van der Waals surface area contributed by atoms with E-state index in [4.69, 9.17) is 16.1 Å². The summed E-state index contributed by atoms with van der Waals surface area (Å²) in [4.78, 5) is 0. The van der Waals surface area contributed by atoms with E-state index in [0.29, 0.717) is 0 Å². The minimum atomic E-state index is -0.660. The summed E-state index contributed by atoms with van der Waals surface area (Å²) in [5, 5.41) is 36.8. The molecule has 0 unspecified atom stereocenters. The van der Waals surface area contributed by atoms with Crippen LogP contribution in [0.4, 0.5) is 17.1 Å². The summed E-state index contributed by atoms with van der Waals surface area (Å²) < 4.78 is 0. The standard InChI is InChI=1S/C6H7N3O4/c7-5-2-1-4(8(10)11)3-6(5)9(12)13/h1-3,12-13H,7H2/q-2. The molecule has 13 heavy (non-hydrogen) atoms. The maximum Gasteiger partial charge on any atom is 0.119 e. The Labute approximate surface area is 73.3 Å². The van der Waals surface area contributed by atoms with Crippen molar-refractivity contribution in [3.8, 4) is 0 Å². The van der Waals surface area contributed by atoms with Crippen LogP contribution in [0.25, 0.3) is 0 Å². The number of nitrogens with two attached hydrogens (primary N) is 1. The smallest absolute Gasteiger partial charge is 0.119 e. The Hall–Kier alpha value is -1.54. The number of anilines is 3. The molecule has 0 bridgehead atoms. The van der Waals surface area contributed by atoms with Gasteiger partial charge in [0.05, 0.1) is 5.69 Å². The zero-order valence-electron chi connectivity index (χ0n) is 6.41. The predicted molar refractivity (Wildman–Crippen MR) is 46.1 cm³/mol. The highest BCUT2D eigenvalue weighted by atomic mass is 16.8. The van der Waals surface area contributed by atoms with Crippen molar-refractivity contribution in [3.05, 3.63) is 28.6 Å². The molecule has 0 saturated carbocycles. The number of nitrogen functional groups attached to an aromatic ring is 1. The van der Waals surface area contributed by atoms with Crippen LogP contribution in [0.5, 0.6) is 0 Å². The van der Waals surface area contributed by atoms with Gasteiger partial charge in [0, 0.05) is 5.69 Å². The van der Waals surface area contributed by atoms with E-state index < -0.39 is 5.23 Å². The highest BCUT2D eigenvalue weighted by Gasteiger charge is 2.04. The van der Waals surface area contributed by atoms with Crippen molar-refractivity contribution in [1.29, 1.82) is 0 Å². The Morgan fingerprint density at radius 1 is 1.23 bits per heavy atom. The fraction of sp³-hybridized carbons (Fsp3) is 0. The highest BCUT2D eigenvalue weighted by molar-refractivity contribution is 5.71. The third-order valence-electron chi connectivity index (χ3n) is 1.44. The molecule has 1 rings (SSSR count). The van der Waals surface area contributed by atoms with Crippen molar-refractivity contribution in [2.75, 3.05) is 16.2 Å². The predicted octanol–water partition coefficient (Wildman–Crippen LogP) is 0.656. The van der Waals surface area contributed by atoms with Gasteiger partial charge >= 0.3 is 0 Å². The van der Waals surface area contributed by atoms with Crippen LogP contribution in [0.15, 0.2) is 18.2 Å². The normalized spacial score (nSPS) is 9.85. The molecule has 0 heterocycles. The second-order valence-electron chi connectivity index (χ2n) is 2.29. The molecule has 0 aliphatic rings. The van der Waals surface area contributed by atoms with Crippen LogP contribution >= 0.6 is 0 Å². The minimum absolute atomic E-state index is 0.0376. The number of hydrogen-bond donors (Lipinski definition) is 3. The van der Waals surface area contributed by atoms with Gasteiger partial charge in [0.2, 0.25) is 0 Å². The van der Waals surface area contributed by atoms with Gasteiger partial charge in [-0.3, -0.25) is 10.4 Å². The zero-order valence-corrected chi connectivity index (χ0v) is 6.41. The van der Waals surface area contributed by atoms with Gasteiger partial charge in [-0.2, -0.15) is 0 Å². The van der Waals surface area contributed by atoms with E-state index in [1.165, 1.54) is 12.1 Å². The first kappa shape index (κ1) is 9.55. The van der Waals surface area contributed by atoms with E-state index in [-0.39, 0.29) is 22.3 Å². The molecule has 1 aromatic rings. The third kappa shape index (κ3) is 1.98. The first-order chi connectivity index (χ1) is 6.02. The Morgan fingerprint density at radius 3 is 2.31 bits per heavy atom. The summed E-state index contributed by atoms with van der Waals surface area (Å²) in [6.07, 6.45) is 0. The van der Waals surface area contributed by atoms with Crippen molar-refractivity contribution in [1.82, 2.24) is 0 Å². The van der Waals surface area contributed by atoms with Crippen molar-refractivity contribution in [3.63, 3.8) is 0 Å². The zero-order chi connectivity index (χ0) is 10.0. The molecule has 1 aromatic carbocycles. The van der Waals surface area contributed by atoms with Gasteiger partial charge in [0.15, 0.2) is 0 Å². The van der Waals surface area contributed by atoms with Gasteiger partial charge in [0.25, 0.3) is 0 Å². The average Bonchev–Trinajstić information content (AvgIpc) is 2.04. The number of hydrogen-bond acceptors (Lipinski definition) is 7. The number of benzene rings is 1. The van der Waals surface area contributed by atoms with Crippen LogP contribution in [0.1, 0.15) is 0 Å². The Bertz CT molecular complexity index is 302. The maximum absolute atomic E-state index is 10.3.